The molecule has 0 bridgehead atoms. The van der Waals surface area contributed by atoms with Crippen molar-refractivity contribution in [3.63, 3.8) is 0 Å². The number of nitrogens with zero attached hydrogens (tertiary/aromatic N) is 1. The number of aromatic nitrogens is 1. The molecule has 1 aromatic carbocycles. The van der Waals surface area contributed by atoms with E-state index in [-0.39, 0.29) is 0 Å². The molecule has 1 unspecified atom stereocenters. The minimum atomic E-state index is 0.305. The summed E-state index contributed by atoms with van der Waals surface area (Å²) in [5, 5.41) is 4.38. The van der Waals surface area contributed by atoms with Gasteiger partial charge < -0.3 is 5.32 Å². The van der Waals surface area contributed by atoms with E-state index in [4.69, 9.17) is 0 Å². The van der Waals surface area contributed by atoms with Crippen LogP contribution in [0.2, 0.25) is 0 Å². The van der Waals surface area contributed by atoms with Crippen LogP contribution in [0.5, 0.6) is 0 Å². The molecular formula is C12H14N2. The quantitative estimate of drug-likeness (QED) is 0.779. The molecule has 0 amide bonds. The topological polar surface area (TPSA) is 24.9 Å². The Labute approximate surface area is 84.0 Å². The van der Waals surface area contributed by atoms with Gasteiger partial charge in [-0.15, -0.1) is 0 Å². The molecule has 0 fully saturated rings. The van der Waals surface area contributed by atoms with Crippen molar-refractivity contribution in [2.45, 2.75) is 13.0 Å². The molecule has 14 heavy (non-hydrogen) atoms. The average Bonchev–Trinajstić information content (AvgIpc) is 2.27. The second-order valence-corrected chi connectivity index (χ2v) is 3.44. The molecule has 1 heterocycles. The van der Waals surface area contributed by atoms with Crippen LogP contribution in [0.25, 0.3) is 10.9 Å². The number of hydrogen-bond donors (Lipinski definition) is 1. The van der Waals surface area contributed by atoms with E-state index in [1.165, 1.54) is 5.39 Å². The first-order valence-electron chi connectivity index (χ1n) is 4.84. The van der Waals surface area contributed by atoms with Gasteiger partial charge in [-0.3, -0.25) is 4.98 Å². The largest absolute Gasteiger partial charge is 0.312 e. The number of pyridine rings is 1. The standard InChI is InChI=1S/C12H14N2/c1-9(13-2)11-8-7-10-5-3-4-6-12(10)14-11/h3-9,13H,1-2H3. The van der Waals surface area contributed by atoms with Gasteiger partial charge in [0.15, 0.2) is 0 Å². The van der Waals surface area contributed by atoms with E-state index in [1.54, 1.807) is 0 Å². The van der Waals surface area contributed by atoms with Crippen molar-refractivity contribution >= 4 is 10.9 Å². The van der Waals surface area contributed by atoms with Crippen LogP contribution in [-0.2, 0) is 0 Å². The van der Waals surface area contributed by atoms with Gasteiger partial charge in [0.1, 0.15) is 0 Å². The molecule has 72 valence electrons. The van der Waals surface area contributed by atoms with Crippen molar-refractivity contribution in [3.05, 3.63) is 42.1 Å². The van der Waals surface area contributed by atoms with Crippen molar-refractivity contribution in [1.82, 2.24) is 10.3 Å². The van der Waals surface area contributed by atoms with Gasteiger partial charge in [0, 0.05) is 11.4 Å². The Kier molecular flexibility index (Phi) is 2.46. The van der Waals surface area contributed by atoms with Crippen LogP contribution >= 0.6 is 0 Å². The molecule has 2 heteroatoms. The van der Waals surface area contributed by atoms with Crippen LogP contribution in [-0.4, -0.2) is 12.0 Å². The zero-order chi connectivity index (χ0) is 9.97. The van der Waals surface area contributed by atoms with Crippen LogP contribution in [0.1, 0.15) is 18.7 Å². The van der Waals surface area contributed by atoms with Gasteiger partial charge in [-0.1, -0.05) is 24.3 Å². The maximum absolute atomic E-state index is 4.58. The van der Waals surface area contributed by atoms with Crippen LogP contribution in [0.15, 0.2) is 36.4 Å². The summed E-state index contributed by atoms with van der Waals surface area (Å²) < 4.78 is 0. The monoisotopic (exact) mass is 186 g/mol. The normalized spacial score (nSPS) is 13.0. The molecule has 0 saturated heterocycles. The highest BCUT2D eigenvalue weighted by atomic mass is 14.9. The Balaban J connectivity index is 2.51. The summed E-state index contributed by atoms with van der Waals surface area (Å²) in [6.45, 7) is 2.11. The fourth-order valence-corrected chi connectivity index (χ4v) is 1.47. The first kappa shape index (κ1) is 9.16. The van der Waals surface area contributed by atoms with Crippen LogP contribution < -0.4 is 5.32 Å². The van der Waals surface area contributed by atoms with E-state index >= 15 is 0 Å². The van der Waals surface area contributed by atoms with E-state index in [1.807, 2.05) is 25.2 Å². The van der Waals surface area contributed by atoms with Gasteiger partial charge in [-0.05, 0) is 26.1 Å². The molecule has 1 atom stereocenters. The number of rotatable bonds is 2. The fraction of sp³-hybridized carbons (Fsp3) is 0.250. The van der Waals surface area contributed by atoms with Crippen molar-refractivity contribution in [2.24, 2.45) is 0 Å². The minimum absolute atomic E-state index is 0.305. The summed E-state index contributed by atoms with van der Waals surface area (Å²) in [6, 6.07) is 12.7. The molecule has 1 aromatic heterocycles. The maximum Gasteiger partial charge on any atom is 0.0706 e. The third-order valence-electron chi connectivity index (χ3n) is 2.50. The van der Waals surface area contributed by atoms with Gasteiger partial charge in [0.05, 0.1) is 11.2 Å². The van der Waals surface area contributed by atoms with E-state index in [2.05, 4.69) is 35.4 Å². The zero-order valence-electron chi connectivity index (χ0n) is 8.49. The number of benzene rings is 1. The summed E-state index contributed by atoms with van der Waals surface area (Å²) >= 11 is 0. The molecule has 0 saturated carbocycles. The van der Waals surface area contributed by atoms with Crippen molar-refractivity contribution in [2.75, 3.05) is 7.05 Å². The van der Waals surface area contributed by atoms with Crippen LogP contribution in [0.3, 0.4) is 0 Å². The lowest BCUT2D eigenvalue weighted by Gasteiger charge is -2.09. The van der Waals surface area contributed by atoms with Crippen LogP contribution in [0.4, 0.5) is 0 Å². The molecule has 0 aliphatic heterocycles. The number of fused-ring (bicyclic) bond motifs is 1. The molecule has 2 aromatic rings. The first-order chi connectivity index (χ1) is 6.81. The number of nitrogens with one attached hydrogen (secondary N) is 1. The maximum atomic E-state index is 4.58. The lowest BCUT2D eigenvalue weighted by Crippen LogP contribution is -2.13. The predicted octanol–water partition coefficient (Wildman–Crippen LogP) is 2.52. The Morgan fingerprint density at radius 1 is 1.14 bits per heavy atom. The highest BCUT2D eigenvalue weighted by Crippen LogP contribution is 2.15. The van der Waals surface area contributed by atoms with E-state index in [0.29, 0.717) is 6.04 Å². The van der Waals surface area contributed by atoms with Gasteiger partial charge >= 0.3 is 0 Å². The van der Waals surface area contributed by atoms with Gasteiger partial charge in [-0.2, -0.15) is 0 Å². The molecule has 1 N–H and O–H groups in total. The van der Waals surface area contributed by atoms with Gasteiger partial charge in [0.2, 0.25) is 0 Å². The molecule has 0 spiro atoms. The lowest BCUT2D eigenvalue weighted by molar-refractivity contribution is 0.635. The second kappa shape index (κ2) is 3.76. The highest BCUT2D eigenvalue weighted by Gasteiger charge is 2.03. The molecule has 2 nitrogen and oxygen atoms in total. The second-order valence-electron chi connectivity index (χ2n) is 3.44. The lowest BCUT2D eigenvalue weighted by atomic mass is 10.1. The summed E-state index contributed by atoms with van der Waals surface area (Å²) in [7, 11) is 1.95. The SMILES string of the molecule is CNC(C)c1ccc2ccccc2n1. The fourth-order valence-electron chi connectivity index (χ4n) is 1.47. The molecule has 2 rings (SSSR count). The zero-order valence-corrected chi connectivity index (χ0v) is 8.49. The summed E-state index contributed by atoms with van der Waals surface area (Å²) in [6.07, 6.45) is 0. The number of hydrogen-bond acceptors (Lipinski definition) is 2. The third-order valence-corrected chi connectivity index (χ3v) is 2.50. The Morgan fingerprint density at radius 3 is 2.71 bits per heavy atom. The minimum Gasteiger partial charge on any atom is -0.312 e. The molecule has 0 radical (unpaired) electrons. The average molecular weight is 186 g/mol. The molecule has 0 aliphatic rings. The van der Waals surface area contributed by atoms with Crippen LogP contribution in [0, 0.1) is 0 Å². The smallest absolute Gasteiger partial charge is 0.0706 e. The third kappa shape index (κ3) is 1.61. The van der Waals surface area contributed by atoms with E-state index in [9.17, 15) is 0 Å². The van der Waals surface area contributed by atoms with Gasteiger partial charge in [0.25, 0.3) is 0 Å². The van der Waals surface area contributed by atoms with E-state index in [0.717, 1.165) is 11.2 Å². The predicted molar refractivity (Wildman–Crippen MR) is 59.2 cm³/mol. The Bertz CT molecular complexity index is 437. The Morgan fingerprint density at radius 2 is 1.93 bits per heavy atom. The van der Waals surface area contributed by atoms with E-state index < -0.39 is 0 Å². The van der Waals surface area contributed by atoms with Crippen molar-refractivity contribution in [1.29, 1.82) is 0 Å². The molecule has 0 aliphatic carbocycles. The summed E-state index contributed by atoms with van der Waals surface area (Å²) in [5.74, 6) is 0. The van der Waals surface area contributed by atoms with Crippen molar-refractivity contribution in [3.8, 4) is 0 Å². The summed E-state index contributed by atoms with van der Waals surface area (Å²) in [4.78, 5) is 4.58. The molecular weight excluding hydrogens is 172 g/mol. The highest BCUT2D eigenvalue weighted by molar-refractivity contribution is 5.78. The number of para-hydroxylation sites is 1. The summed E-state index contributed by atoms with van der Waals surface area (Å²) in [5.41, 5.74) is 2.15. The first-order valence-corrected chi connectivity index (χ1v) is 4.84. The Hall–Kier alpha value is -1.41. The van der Waals surface area contributed by atoms with Crippen molar-refractivity contribution < 1.29 is 0 Å². The van der Waals surface area contributed by atoms with Gasteiger partial charge in [-0.25, -0.2) is 0 Å².